The van der Waals surface area contributed by atoms with Crippen LogP contribution in [0.2, 0.25) is 0 Å². The van der Waals surface area contributed by atoms with Gasteiger partial charge in [0.05, 0.1) is 17.7 Å². The molecule has 5 amide bonds. The van der Waals surface area contributed by atoms with E-state index in [2.05, 4.69) is 15.6 Å². The van der Waals surface area contributed by atoms with Crippen LogP contribution in [0.15, 0.2) is 82.4 Å². The number of piperidine rings is 1. The number of hydrogen-bond donors (Lipinski definition) is 2. The minimum atomic E-state index is -1.01. The Hall–Kier alpha value is -4.81. The molecule has 4 aromatic rings. The van der Waals surface area contributed by atoms with E-state index in [4.69, 9.17) is 9.15 Å². The maximum absolute atomic E-state index is 13.2. The predicted octanol–water partition coefficient (Wildman–Crippen LogP) is 4.02. The summed E-state index contributed by atoms with van der Waals surface area (Å²) in [4.78, 5) is 68.8. The summed E-state index contributed by atoms with van der Waals surface area (Å²) < 4.78 is 11.8. The number of benzene rings is 2. The highest BCUT2D eigenvalue weighted by atomic mass is 32.2. The third-order valence-corrected chi connectivity index (χ3v) is 8.68. The van der Waals surface area contributed by atoms with Gasteiger partial charge in [0.15, 0.2) is 0 Å². The molecule has 1 saturated heterocycles. The molecule has 2 aliphatic rings. The van der Waals surface area contributed by atoms with E-state index in [0.29, 0.717) is 36.0 Å². The van der Waals surface area contributed by atoms with E-state index in [1.54, 1.807) is 30.6 Å². The van der Waals surface area contributed by atoms with E-state index in [9.17, 15) is 24.0 Å². The average Bonchev–Trinajstić information content (AvgIpc) is 3.58. The van der Waals surface area contributed by atoms with E-state index in [1.165, 1.54) is 11.8 Å². The lowest BCUT2D eigenvalue weighted by molar-refractivity contribution is -0.136. The topological polar surface area (TPSA) is 148 Å². The van der Waals surface area contributed by atoms with Gasteiger partial charge in [-0.1, -0.05) is 30.3 Å². The van der Waals surface area contributed by atoms with Gasteiger partial charge in [0, 0.05) is 53.4 Å². The van der Waals surface area contributed by atoms with Gasteiger partial charge in [0.1, 0.15) is 23.4 Å². The van der Waals surface area contributed by atoms with Crippen LogP contribution in [-0.4, -0.2) is 64.4 Å². The van der Waals surface area contributed by atoms with Crippen molar-refractivity contribution in [1.82, 2.24) is 20.5 Å². The first-order valence-corrected chi connectivity index (χ1v) is 15.6. The molecule has 230 valence electrons. The Morgan fingerprint density at radius 2 is 1.93 bits per heavy atom. The lowest BCUT2D eigenvalue weighted by Crippen LogP contribution is -2.54. The summed E-state index contributed by atoms with van der Waals surface area (Å²) in [7, 11) is 0. The SMILES string of the molecule is O=C1CCC(N2C(=O)c3cccc(SCCOCCCC(=O)NC(c4cccnc4)c4cc5ccccc5o4)c3C2=O)C(=O)N1. The Kier molecular flexibility index (Phi) is 9.03. The molecule has 0 aliphatic carbocycles. The molecule has 1 fully saturated rings. The molecule has 2 unspecified atom stereocenters. The number of rotatable bonds is 12. The monoisotopic (exact) mass is 626 g/mol. The second kappa shape index (κ2) is 13.4. The Morgan fingerprint density at radius 1 is 1.07 bits per heavy atom. The molecule has 2 aromatic heterocycles. The normalized spacial score (nSPS) is 17.0. The van der Waals surface area contributed by atoms with Crippen molar-refractivity contribution in [3.05, 3.63) is 95.5 Å². The smallest absolute Gasteiger partial charge is 0.263 e. The molecule has 2 N–H and O–H groups in total. The average molecular weight is 627 g/mol. The van der Waals surface area contributed by atoms with Crippen LogP contribution in [0, 0.1) is 0 Å². The summed E-state index contributed by atoms with van der Waals surface area (Å²) in [5, 5.41) is 6.22. The van der Waals surface area contributed by atoms with Crippen LogP contribution in [0.4, 0.5) is 0 Å². The fourth-order valence-corrected chi connectivity index (χ4v) is 6.43. The number of imide groups is 2. The van der Waals surface area contributed by atoms with Crippen molar-refractivity contribution in [2.45, 2.75) is 42.7 Å². The molecule has 45 heavy (non-hydrogen) atoms. The third kappa shape index (κ3) is 6.52. The Labute approximate surface area is 262 Å². The summed E-state index contributed by atoms with van der Waals surface area (Å²) in [6.45, 7) is 0.732. The fourth-order valence-electron chi connectivity index (χ4n) is 5.49. The largest absolute Gasteiger partial charge is 0.459 e. The number of thioether (sulfide) groups is 1. The van der Waals surface area contributed by atoms with Crippen LogP contribution in [0.3, 0.4) is 0 Å². The number of amides is 5. The molecule has 0 radical (unpaired) electrons. The second-order valence-corrected chi connectivity index (χ2v) is 11.8. The lowest BCUT2D eigenvalue weighted by Gasteiger charge is -2.27. The molecular weight excluding hydrogens is 596 g/mol. The van der Waals surface area contributed by atoms with E-state index >= 15 is 0 Å². The summed E-state index contributed by atoms with van der Waals surface area (Å²) in [5.74, 6) is -1.14. The highest BCUT2D eigenvalue weighted by Gasteiger charge is 2.45. The summed E-state index contributed by atoms with van der Waals surface area (Å²) in [6, 6.07) is 16.8. The lowest BCUT2D eigenvalue weighted by atomic mass is 10.0. The maximum atomic E-state index is 13.2. The van der Waals surface area contributed by atoms with E-state index in [1.807, 2.05) is 42.5 Å². The number of carbonyl (C=O) groups excluding carboxylic acids is 5. The first kappa shape index (κ1) is 30.2. The van der Waals surface area contributed by atoms with Crippen molar-refractivity contribution in [2.24, 2.45) is 0 Å². The number of aromatic nitrogens is 1. The molecule has 0 bridgehead atoms. The van der Waals surface area contributed by atoms with Gasteiger partial charge in [-0.05, 0) is 43.2 Å². The first-order chi connectivity index (χ1) is 21.9. The van der Waals surface area contributed by atoms with Crippen molar-refractivity contribution >= 4 is 52.3 Å². The van der Waals surface area contributed by atoms with Crippen LogP contribution < -0.4 is 10.6 Å². The van der Waals surface area contributed by atoms with Crippen LogP contribution in [0.1, 0.15) is 63.8 Å². The van der Waals surface area contributed by atoms with Crippen LogP contribution in [0.25, 0.3) is 11.0 Å². The predicted molar refractivity (Wildman–Crippen MR) is 164 cm³/mol. The Balaban J connectivity index is 0.978. The molecule has 0 spiro atoms. The molecular formula is C33H30N4O7S. The van der Waals surface area contributed by atoms with Gasteiger partial charge in [-0.2, -0.15) is 0 Å². The minimum Gasteiger partial charge on any atom is -0.459 e. The van der Waals surface area contributed by atoms with E-state index in [0.717, 1.165) is 21.4 Å². The second-order valence-electron chi connectivity index (χ2n) is 10.7. The Bertz CT molecular complexity index is 1740. The fraction of sp³-hybridized carbons (Fsp3) is 0.273. The maximum Gasteiger partial charge on any atom is 0.263 e. The summed E-state index contributed by atoms with van der Waals surface area (Å²) in [6.07, 6.45) is 4.31. The van der Waals surface area contributed by atoms with Gasteiger partial charge < -0.3 is 14.5 Å². The van der Waals surface area contributed by atoms with Crippen molar-refractivity contribution in [1.29, 1.82) is 0 Å². The van der Waals surface area contributed by atoms with E-state index in [-0.39, 0.29) is 36.3 Å². The number of carbonyl (C=O) groups is 5. The Morgan fingerprint density at radius 3 is 2.73 bits per heavy atom. The minimum absolute atomic E-state index is 0.0663. The third-order valence-electron chi connectivity index (χ3n) is 7.66. The number of pyridine rings is 1. The first-order valence-electron chi connectivity index (χ1n) is 14.6. The van der Waals surface area contributed by atoms with Gasteiger partial charge in [0.2, 0.25) is 17.7 Å². The molecule has 6 rings (SSSR count). The zero-order chi connectivity index (χ0) is 31.3. The number of furan rings is 1. The molecule has 2 aromatic carbocycles. The van der Waals surface area contributed by atoms with Gasteiger partial charge in [-0.15, -0.1) is 11.8 Å². The summed E-state index contributed by atoms with van der Waals surface area (Å²) >= 11 is 1.38. The zero-order valence-electron chi connectivity index (χ0n) is 24.2. The van der Waals surface area contributed by atoms with Crippen molar-refractivity contribution < 1.29 is 33.1 Å². The van der Waals surface area contributed by atoms with Gasteiger partial charge in [0.25, 0.3) is 11.8 Å². The van der Waals surface area contributed by atoms with Gasteiger partial charge in [-0.25, -0.2) is 0 Å². The van der Waals surface area contributed by atoms with Crippen molar-refractivity contribution in [2.75, 3.05) is 19.0 Å². The number of para-hydroxylation sites is 1. The number of nitrogens with one attached hydrogen (secondary N) is 2. The number of nitrogens with zero attached hydrogens (tertiary/aromatic N) is 2. The molecule has 12 heteroatoms. The van der Waals surface area contributed by atoms with Crippen molar-refractivity contribution in [3.8, 4) is 0 Å². The van der Waals surface area contributed by atoms with E-state index < -0.39 is 35.7 Å². The number of hydrogen-bond acceptors (Lipinski definition) is 9. The highest BCUT2D eigenvalue weighted by Crippen LogP contribution is 2.34. The quantitative estimate of drug-likeness (QED) is 0.135. The van der Waals surface area contributed by atoms with Crippen LogP contribution >= 0.6 is 11.8 Å². The van der Waals surface area contributed by atoms with Gasteiger partial charge >= 0.3 is 0 Å². The van der Waals surface area contributed by atoms with Crippen molar-refractivity contribution in [3.63, 3.8) is 0 Å². The molecule has 2 aliphatic heterocycles. The zero-order valence-corrected chi connectivity index (χ0v) is 25.0. The molecule has 0 saturated carbocycles. The molecule has 2 atom stereocenters. The standard InChI is InChI=1S/C33H30N4O7S/c38-27(35-30(21-7-4-14-34-19-21)25-18-20-6-1-2-9-24(20)44-25)11-5-15-43-16-17-45-26-10-3-8-22-29(26)33(42)37(32(22)41)23-12-13-28(39)36-31(23)40/h1-4,6-10,14,18-19,23,30H,5,11-13,15-17H2,(H,35,38)(H,36,39,40). The van der Waals surface area contributed by atoms with Crippen LogP contribution in [-0.2, 0) is 19.1 Å². The van der Waals surface area contributed by atoms with Gasteiger partial charge in [-0.3, -0.25) is 39.2 Å². The summed E-state index contributed by atoms with van der Waals surface area (Å²) in [5.41, 5.74) is 2.06. The highest BCUT2D eigenvalue weighted by molar-refractivity contribution is 7.99. The molecule has 4 heterocycles. The molecule has 11 nitrogen and oxygen atoms in total. The number of ether oxygens (including phenoxy) is 1. The van der Waals surface area contributed by atoms with Crippen LogP contribution in [0.5, 0.6) is 0 Å². The number of fused-ring (bicyclic) bond motifs is 2.